The quantitative estimate of drug-likeness (QED) is 0.781. The van der Waals surface area contributed by atoms with Crippen LogP contribution in [0.5, 0.6) is 5.88 Å². The van der Waals surface area contributed by atoms with Gasteiger partial charge in [0.15, 0.2) is 5.13 Å². The van der Waals surface area contributed by atoms with Crippen molar-refractivity contribution in [3.8, 4) is 5.88 Å². The maximum Gasteiger partial charge on any atom is 0.275 e. The molecule has 0 spiro atoms. The number of carbonyl (C=O) groups excluding carboxylic acids is 1. The number of rotatable bonds is 6. The average molecular weight is 294 g/mol. The van der Waals surface area contributed by atoms with E-state index >= 15 is 0 Å². The number of nitrogens with two attached hydrogens (primary N) is 1. The number of hydrogen-bond acceptors (Lipinski definition) is 7. The summed E-state index contributed by atoms with van der Waals surface area (Å²) in [5.41, 5.74) is 6.32. The normalized spacial score (nSPS) is 10.2. The van der Waals surface area contributed by atoms with Gasteiger partial charge in [-0.2, -0.15) is 0 Å². The van der Waals surface area contributed by atoms with Crippen LogP contribution in [0.2, 0.25) is 0 Å². The van der Waals surface area contributed by atoms with Crippen LogP contribution in [-0.4, -0.2) is 36.2 Å². The Bertz CT molecular complexity index is 570. The SMILES string of the molecule is COCCOc1ccc(NC(=O)c2csc(N)n2)cn1. The fraction of sp³-hybridized carbons (Fsp3) is 0.250. The number of nitrogens with one attached hydrogen (secondary N) is 1. The molecule has 7 nitrogen and oxygen atoms in total. The van der Waals surface area contributed by atoms with Crippen LogP contribution >= 0.6 is 11.3 Å². The Labute approximate surface area is 119 Å². The highest BCUT2D eigenvalue weighted by Crippen LogP contribution is 2.15. The summed E-state index contributed by atoms with van der Waals surface area (Å²) in [6.07, 6.45) is 1.51. The third-order valence-corrected chi connectivity index (χ3v) is 2.96. The first-order valence-corrected chi connectivity index (χ1v) is 6.67. The standard InChI is InChI=1S/C12H14N4O3S/c1-18-4-5-19-10-3-2-8(6-14-10)15-11(17)9-7-20-12(13)16-9/h2-3,6-7H,4-5H2,1H3,(H2,13,16)(H,15,17). The van der Waals surface area contributed by atoms with Crippen molar-refractivity contribution in [2.75, 3.05) is 31.4 Å². The summed E-state index contributed by atoms with van der Waals surface area (Å²) in [6.45, 7) is 0.915. The molecule has 2 aromatic heterocycles. The van der Waals surface area contributed by atoms with Crippen molar-refractivity contribution < 1.29 is 14.3 Å². The van der Waals surface area contributed by atoms with Gasteiger partial charge in [-0.25, -0.2) is 9.97 Å². The number of thiazole rings is 1. The van der Waals surface area contributed by atoms with Crippen LogP contribution in [0.4, 0.5) is 10.8 Å². The summed E-state index contributed by atoms with van der Waals surface area (Å²) in [5, 5.41) is 4.63. The van der Waals surface area contributed by atoms with Gasteiger partial charge in [0.2, 0.25) is 5.88 Å². The molecule has 1 amide bonds. The molecule has 3 N–H and O–H groups in total. The number of aromatic nitrogens is 2. The summed E-state index contributed by atoms with van der Waals surface area (Å²) >= 11 is 1.22. The van der Waals surface area contributed by atoms with Crippen molar-refractivity contribution in [1.82, 2.24) is 9.97 Å². The zero-order valence-corrected chi connectivity index (χ0v) is 11.6. The molecule has 0 saturated carbocycles. The van der Waals surface area contributed by atoms with Crippen molar-refractivity contribution in [1.29, 1.82) is 0 Å². The zero-order valence-electron chi connectivity index (χ0n) is 10.8. The minimum atomic E-state index is -0.326. The molecule has 0 radical (unpaired) electrons. The Kier molecular flexibility index (Phi) is 4.85. The second-order valence-electron chi connectivity index (χ2n) is 3.75. The number of pyridine rings is 1. The molecule has 0 aliphatic heterocycles. The van der Waals surface area contributed by atoms with Gasteiger partial charge in [-0.1, -0.05) is 0 Å². The van der Waals surface area contributed by atoms with Crippen LogP contribution < -0.4 is 15.8 Å². The molecule has 0 bridgehead atoms. The first-order chi connectivity index (χ1) is 9.69. The minimum absolute atomic E-state index is 0.285. The van der Waals surface area contributed by atoms with E-state index in [0.29, 0.717) is 29.9 Å². The van der Waals surface area contributed by atoms with Crippen molar-refractivity contribution in [2.45, 2.75) is 0 Å². The van der Waals surface area contributed by atoms with Crippen molar-refractivity contribution in [3.63, 3.8) is 0 Å². The van der Waals surface area contributed by atoms with Crippen molar-refractivity contribution in [2.24, 2.45) is 0 Å². The predicted octanol–water partition coefficient (Wildman–Crippen LogP) is 1.40. The van der Waals surface area contributed by atoms with Gasteiger partial charge in [0, 0.05) is 18.6 Å². The van der Waals surface area contributed by atoms with E-state index in [9.17, 15) is 4.79 Å². The summed E-state index contributed by atoms with van der Waals surface area (Å²) < 4.78 is 10.2. The molecule has 2 aromatic rings. The summed E-state index contributed by atoms with van der Waals surface area (Å²) in [5.74, 6) is 0.144. The van der Waals surface area contributed by atoms with Crippen LogP contribution in [0.1, 0.15) is 10.5 Å². The van der Waals surface area contributed by atoms with Crippen LogP contribution in [-0.2, 0) is 4.74 Å². The van der Waals surface area contributed by atoms with Gasteiger partial charge in [0.05, 0.1) is 18.5 Å². The second kappa shape index (κ2) is 6.83. The van der Waals surface area contributed by atoms with Gasteiger partial charge in [-0.15, -0.1) is 11.3 Å². The molecular formula is C12H14N4O3S. The molecule has 0 aliphatic rings. The molecule has 0 fully saturated rings. The topological polar surface area (TPSA) is 99.4 Å². The lowest BCUT2D eigenvalue weighted by atomic mass is 10.4. The first kappa shape index (κ1) is 14.2. The highest BCUT2D eigenvalue weighted by molar-refractivity contribution is 7.13. The fourth-order valence-corrected chi connectivity index (χ4v) is 1.90. The molecule has 0 unspecified atom stereocenters. The van der Waals surface area contributed by atoms with Gasteiger partial charge < -0.3 is 20.5 Å². The van der Waals surface area contributed by atoms with E-state index in [-0.39, 0.29) is 11.6 Å². The lowest BCUT2D eigenvalue weighted by molar-refractivity contribution is 0.102. The molecule has 20 heavy (non-hydrogen) atoms. The molecular weight excluding hydrogens is 280 g/mol. The predicted molar refractivity (Wildman–Crippen MR) is 76.1 cm³/mol. The zero-order chi connectivity index (χ0) is 14.4. The van der Waals surface area contributed by atoms with Crippen LogP contribution in [0.25, 0.3) is 0 Å². The van der Waals surface area contributed by atoms with Gasteiger partial charge in [-0.05, 0) is 6.07 Å². The molecule has 0 aliphatic carbocycles. The highest BCUT2D eigenvalue weighted by atomic mass is 32.1. The van der Waals surface area contributed by atoms with Gasteiger partial charge in [-0.3, -0.25) is 4.79 Å². The fourth-order valence-electron chi connectivity index (χ4n) is 1.36. The van der Waals surface area contributed by atoms with Gasteiger partial charge in [0.1, 0.15) is 12.3 Å². The number of amides is 1. The smallest absolute Gasteiger partial charge is 0.275 e. The first-order valence-electron chi connectivity index (χ1n) is 5.79. The van der Waals surface area contributed by atoms with Gasteiger partial charge >= 0.3 is 0 Å². The second-order valence-corrected chi connectivity index (χ2v) is 4.64. The summed E-state index contributed by atoms with van der Waals surface area (Å²) in [4.78, 5) is 19.8. The number of hydrogen-bond donors (Lipinski definition) is 2. The van der Waals surface area contributed by atoms with Crippen LogP contribution in [0.3, 0.4) is 0 Å². The van der Waals surface area contributed by atoms with E-state index in [1.807, 2.05) is 0 Å². The van der Waals surface area contributed by atoms with E-state index in [1.54, 1.807) is 24.6 Å². The maximum atomic E-state index is 11.8. The van der Waals surface area contributed by atoms with Crippen LogP contribution in [0.15, 0.2) is 23.7 Å². The average Bonchev–Trinajstić information content (AvgIpc) is 2.88. The van der Waals surface area contributed by atoms with Crippen molar-refractivity contribution >= 4 is 28.1 Å². The Hall–Kier alpha value is -2.19. The third kappa shape index (κ3) is 3.90. The third-order valence-electron chi connectivity index (χ3n) is 2.29. The lowest BCUT2D eigenvalue weighted by Gasteiger charge is -2.06. The van der Waals surface area contributed by atoms with Gasteiger partial charge in [0.25, 0.3) is 5.91 Å². The molecule has 2 heterocycles. The molecule has 106 valence electrons. The number of nitrogens with zero attached hydrogens (tertiary/aromatic N) is 2. The summed E-state index contributed by atoms with van der Waals surface area (Å²) in [6, 6.07) is 3.36. The minimum Gasteiger partial charge on any atom is -0.475 e. The Morgan fingerprint density at radius 3 is 2.90 bits per heavy atom. The molecule has 2 rings (SSSR count). The number of carbonyl (C=O) groups is 1. The molecule has 0 atom stereocenters. The number of nitrogen functional groups attached to an aromatic ring is 1. The monoisotopic (exact) mass is 294 g/mol. The lowest BCUT2D eigenvalue weighted by Crippen LogP contribution is -2.12. The highest BCUT2D eigenvalue weighted by Gasteiger charge is 2.10. The van der Waals surface area contributed by atoms with E-state index < -0.39 is 0 Å². The maximum absolute atomic E-state index is 11.8. The van der Waals surface area contributed by atoms with E-state index in [2.05, 4.69) is 15.3 Å². The summed E-state index contributed by atoms with van der Waals surface area (Å²) in [7, 11) is 1.60. The number of methoxy groups -OCH3 is 1. The number of ether oxygens (including phenoxy) is 2. The van der Waals surface area contributed by atoms with E-state index in [4.69, 9.17) is 15.2 Å². The van der Waals surface area contributed by atoms with Crippen LogP contribution in [0, 0.1) is 0 Å². The number of anilines is 2. The Morgan fingerprint density at radius 1 is 1.45 bits per heavy atom. The Morgan fingerprint density at radius 2 is 2.30 bits per heavy atom. The molecule has 8 heteroatoms. The molecule has 0 saturated heterocycles. The van der Waals surface area contributed by atoms with E-state index in [1.165, 1.54) is 17.5 Å². The van der Waals surface area contributed by atoms with E-state index in [0.717, 1.165) is 0 Å². The largest absolute Gasteiger partial charge is 0.475 e. The Balaban J connectivity index is 1.91. The van der Waals surface area contributed by atoms with Crippen molar-refractivity contribution in [3.05, 3.63) is 29.4 Å². The molecule has 0 aromatic carbocycles.